The summed E-state index contributed by atoms with van der Waals surface area (Å²) in [5, 5.41) is 0. The molecule has 27 heavy (non-hydrogen) atoms. The molecule has 0 aliphatic carbocycles. The number of benzene rings is 2. The van der Waals surface area contributed by atoms with Crippen molar-refractivity contribution in [2.24, 2.45) is 11.7 Å². The van der Waals surface area contributed by atoms with Gasteiger partial charge in [-0.15, -0.1) is 0 Å². The van der Waals surface area contributed by atoms with Gasteiger partial charge in [0.05, 0.1) is 12.5 Å². The topological polar surface area (TPSA) is 66.6 Å². The van der Waals surface area contributed by atoms with Crippen LogP contribution in [0.1, 0.15) is 24.0 Å². The Morgan fingerprint density at radius 3 is 2.04 bits per heavy atom. The van der Waals surface area contributed by atoms with Gasteiger partial charge in [-0.05, 0) is 24.0 Å². The average molecular weight is 365 g/mol. The van der Waals surface area contributed by atoms with E-state index in [1.54, 1.807) is 4.90 Å². The summed E-state index contributed by atoms with van der Waals surface area (Å²) in [5.41, 5.74) is 7.80. The highest BCUT2D eigenvalue weighted by Crippen LogP contribution is 2.17. The quantitative estimate of drug-likeness (QED) is 0.819. The minimum absolute atomic E-state index is 0.0628. The van der Waals surface area contributed by atoms with Crippen LogP contribution in [0.15, 0.2) is 60.7 Å². The molecule has 2 aromatic carbocycles. The molecule has 2 N–H and O–H groups in total. The average Bonchev–Trinajstić information content (AvgIpc) is 2.69. The molecule has 1 aliphatic heterocycles. The van der Waals surface area contributed by atoms with Gasteiger partial charge >= 0.3 is 0 Å². The van der Waals surface area contributed by atoms with Crippen LogP contribution in [-0.2, 0) is 22.7 Å². The molecule has 0 saturated carbocycles. The molecule has 142 valence electrons. The van der Waals surface area contributed by atoms with Crippen molar-refractivity contribution in [1.29, 1.82) is 0 Å². The third-order valence-corrected chi connectivity index (χ3v) is 5.03. The maximum Gasteiger partial charge on any atom is 0.236 e. The highest BCUT2D eigenvalue weighted by molar-refractivity contribution is 5.81. The molecule has 0 aromatic heterocycles. The van der Waals surface area contributed by atoms with Crippen LogP contribution >= 0.6 is 0 Å². The molecule has 0 radical (unpaired) electrons. The Balaban J connectivity index is 1.68. The fourth-order valence-electron chi connectivity index (χ4n) is 3.58. The van der Waals surface area contributed by atoms with E-state index in [-0.39, 0.29) is 17.7 Å². The molecular weight excluding hydrogens is 338 g/mol. The summed E-state index contributed by atoms with van der Waals surface area (Å²) in [6, 6.07) is 20.3. The van der Waals surface area contributed by atoms with Crippen LogP contribution in [0.2, 0.25) is 0 Å². The molecule has 2 amide bonds. The summed E-state index contributed by atoms with van der Waals surface area (Å²) >= 11 is 0. The van der Waals surface area contributed by atoms with Crippen molar-refractivity contribution in [2.45, 2.75) is 25.9 Å². The van der Waals surface area contributed by atoms with Gasteiger partial charge in [-0.25, -0.2) is 0 Å². The molecule has 1 saturated heterocycles. The summed E-state index contributed by atoms with van der Waals surface area (Å²) in [5.74, 6) is -0.467. The maximum atomic E-state index is 12.9. The van der Waals surface area contributed by atoms with Gasteiger partial charge < -0.3 is 10.6 Å². The second-order valence-corrected chi connectivity index (χ2v) is 7.20. The molecule has 5 heteroatoms. The molecule has 2 aromatic rings. The van der Waals surface area contributed by atoms with Gasteiger partial charge in [0.15, 0.2) is 0 Å². The lowest BCUT2D eigenvalue weighted by Gasteiger charge is -2.33. The fourth-order valence-corrected chi connectivity index (χ4v) is 3.58. The normalized spacial score (nSPS) is 17.1. The minimum atomic E-state index is -0.307. The van der Waals surface area contributed by atoms with Gasteiger partial charge in [0, 0.05) is 26.2 Å². The Kier molecular flexibility index (Phi) is 6.60. The monoisotopic (exact) mass is 365 g/mol. The molecule has 1 heterocycles. The smallest absolute Gasteiger partial charge is 0.236 e. The number of nitrogens with two attached hydrogens (primary N) is 1. The summed E-state index contributed by atoms with van der Waals surface area (Å²) < 4.78 is 0. The molecule has 0 bridgehead atoms. The van der Waals surface area contributed by atoms with Gasteiger partial charge in [0.2, 0.25) is 11.8 Å². The van der Waals surface area contributed by atoms with Crippen molar-refractivity contribution in [2.75, 3.05) is 19.6 Å². The fraction of sp³-hybridized carbons (Fsp3) is 0.364. The Morgan fingerprint density at radius 1 is 0.963 bits per heavy atom. The zero-order chi connectivity index (χ0) is 19.1. The molecule has 3 rings (SSSR count). The number of amides is 2. The Labute approximate surface area is 160 Å². The van der Waals surface area contributed by atoms with E-state index < -0.39 is 0 Å². The highest BCUT2D eigenvalue weighted by atomic mass is 16.2. The van der Waals surface area contributed by atoms with E-state index in [0.29, 0.717) is 32.7 Å². The van der Waals surface area contributed by atoms with E-state index in [1.165, 1.54) is 11.1 Å². The Bertz CT molecular complexity index is 707. The van der Waals surface area contributed by atoms with Crippen LogP contribution in [0.4, 0.5) is 0 Å². The summed E-state index contributed by atoms with van der Waals surface area (Å²) in [7, 11) is 0. The van der Waals surface area contributed by atoms with E-state index in [9.17, 15) is 9.59 Å². The predicted octanol–water partition coefficient (Wildman–Crippen LogP) is 2.41. The van der Waals surface area contributed by atoms with E-state index in [1.807, 2.05) is 36.4 Å². The molecule has 1 unspecified atom stereocenters. The van der Waals surface area contributed by atoms with E-state index in [2.05, 4.69) is 29.2 Å². The predicted molar refractivity (Wildman–Crippen MR) is 105 cm³/mol. The van der Waals surface area contributed by atoms with Crippen LogP contribution in [0.5, 0.6) is 0 Å². The second-order valence-electron chi connectivity index (χ2n) is 7.20. The van der Waals surface area contributed by atoms with Crippen LogP contribution in [0.25, 0.3) is 0 Å². The van der Waals surface area contributed by atoms with Crippen molar-refractivity contribution in [3.63, 3.8) is 0 Å². The lowest BCUT2D eigenvalue weighted by molar-refractivity contribution is -0.136. The van der Waals surface area contributed by atoms with Gasteiger partial charge in [0.1, 0.15) is 0 Å². The molecule has 1 fully saturated rings. The first-order valence-corrected chi connectivity index (χ1v) is 9.49. The number of rotatable bonds is 7. The molecular formula is C22H27N3O2. The largest absolute Gasteiger partial charge is 0.369 e. The third kappa shape index (κ3) is 5.66. The number of carbonyl (C=O) groups is 2. The van der Waals surface area contributed by atoms with Gasteiger partial charge in [-0.1, -0.05) is 60.7 Å². The molecule has 0 spiro atoms. The van der Waals surface area contributed by atoms with Crippen molar-refractivity contribution >= 4 is 11.8 Å². The van der Waals surface area contributed by atoms with Crippen LogP contribution in [0.3, 0.4) is 0 Å². The van der Waals surface area contributed by atoms with Crippen LogP contribution in [-0.4, -0.2) is 41.2 Å². The highest BCUT2D eigenvalue weighted by Gasteiger charge is 2.27. The first kappa shape index (κ1) is 19.1. The van der Waals surface area contributed by atoms with E-state index in [0.717, 1.165) is 12.8 Å². The van der Waals surface area contributed by atoms with Crippen LogP contribution in [0, 0.1) is 5.92 Å². The standard InChI is InChI=1S/C22H27N3O2/c23-22(27)20-12-7-13-25(16-20)21(26)17-24(14-18-8-3-1-4-9-18)15-19-10-5-2-6-11-19/h1-6,8-11,20H,7,12-17H2,(H2,23,27). The van der Waals surface area contributed by atoms with Crippen molar-refractivity contribution in [1.82, 2.24) is 9.80 Å². The number of carbonyl (C=O) groups excluding carboxylic acids is 2. The number of primary amides is 1. The Hall–Kier alpha value is -2.66. The Morgan fingerprint density at radius 2 is 1.52 bits per heavy atom. The van der Waals surface area contributed by atoms with Gasteiger partial charge in [0.25, 0.3) is 0 Å². The second kappa shape index (κ2) is 9.33. The molecule has 5 nitrogen and oxygen atoms in total. The number of likely N-dealkylation sites (tertiary alicyclic amines) is 1. The van der Waals surface area contributed by atoms with Gasteiger partial charge in [-0.3, -0.25) is 14.5 Å². The molecule has 1 atom stereocenters. The zero-order valence-corrected chi connectivity index (χ0v) is 15.6. The molecule has 1 aliphatic rings. The van der Waals surface area contributed by atoms with Crippen molar-refractivity contribution in [3.8, 4) is 0 Å². The first-order chi connectivity index (χ1) is 13.1. The third-order valence-electron chi connectivity index (χ3n) is 5.03. The van der Waals surface area contributed by atoms with E-state index in [4.69, 9.17) is 5.73 Å². The van der Waals surface area contributed by atoms with Crippen molar-refractivity contribution in [3.05, 3.63) is 71.8 Å². The summed E-state index contributed by atoms with van der Waals surface area (Å²) in [6.45, 7) is 2.88. The van der Waals surface area contributed by atoms with Crippen LogP contribution < -0.4 is 5.73 Å². The lowest BCUT2D eigenvalue weighted by Crippen LogP contribution is -2.47. The number of hydrogen-bond donors (Lipinski definition) is 1. The maximum absolute atomic E-state index is 12.9. The zero-order valence-electron chi connectivity index (χ0n) is 15.6. The number of piperidine rings is 1. The first-order valence-electron chi connectivity index (χ1n) is 9.49. The SMILES string of the molecule is NC(=O)C1CCCN(C(=O)CN(Cc2ccccc2)Cc2ccccc2)C1. The summed E-state index contributed by atoms with van der Waals surface area (Å²) in [4.78, 5) is 28.3. The lowest BCUT2D eigenvalue weighted by atomic mass is 9.97. The van der Waals surface area contributed by atoms with Crippen molar-refractivity contribution < 1.29 is 9.59 Å². The minimum Gasteiger partial charge on any atom is -0.369 e. The number of hydrogen-bond acceptors (Lipinski definition) is 3. The van der Waals surface area contributed by atoms with E-state index >= 15 is 0 Å². The number of nitrogens with zero attached hydrogens (tertiary/aromatic N) is 2. The summed E-state index contributed by atoms with van der Waals surface area (Å²) in [6.07, 6.45) is 1.60. The van der Waals surface area contributed by atoms with Gasteiger partial charge in [-0.2, -0.15) is 0 Å².